The third-order valence-corrected chi connectivity index (χ3v) is 2.56. The molecule has 1 amide bonds. The number of hydrogen-bond acceptors (Lipinski definition) is 5. The van der Waals surface area contributed by atoms with E-state index in [1.165, 1.54) is 4.90 Å². The van der Waals surface area contributed by atoms with Crippen LogP contribution in [-0.4, -0.2) is 55.5 Å². The van der Waals surface area contributed by atoms with Gasteiger partial charge in [-0.1, -0.05) is 0 Å². The molecule has 6 nitrogen and oxygen atoms in total. The molecule has 1 aliphatic heterocycles. The number of nitrogens with zero attached hydrogens (tertiary/aromatic N) is 2. The standard InChI is InChI=1S/C12H21N3O3/c1-11(2,3)18-10(16)15-8-12(7-13,9-15)14-5-6-17-4/h14H,5-6,8-9H2,1-4H3. The first-order chi connectivity index (χ1) is 8.32. The normalized spacial score (nSPS) is 17.8. The Balaban J connectivity index is 2.40. The van der Waals surface area contributed by atoms with Crippen molar-refractivity contribution in [3.8, 4) is 6.07 Å². The fraction of sp³-hybridized carbons (Fsp3) is 0.833. The van der Waals surface area contributed by atoms with Gasteiger partial charge >= 0.3 is 6.09 Å². The molecule has 1 aliphatic rings. The first kappa shape index (κ1) is 14.7. The van der Waals surface area contributed by atoms with Crippen molar-refractivity contribution < 1.29 is 14.3 Å². The molecule has 1 saturated heterocycles. The van der Waals surface area contributed by atoms with Crippen molar-refractivity contribution in [3.05, 3.63) is 0 Å². The number of nitrogens with one attached hydrogen (secondary N) is 1. The van der Waals surface area contributed by atoms with Crippen molar-refractivity contribution in [2.45, 2.75) is 31.9 Å². The molecule has 1 N–H and O–H groups in total. The summed E-state index contributed by atoms with van der Waals surface area (Å²) in [5.41, 5.74) is -1.17. The second-order valence-electron chi connectivity index (χ2n) is 5.45. The molecule has 0 saturated carbocycles. The molecular formula is C12H21N3O3. The zero-order valence-electron chi connectivity index (χ0n) is 11.4. The molecule has 0 radical (unpaired) electrons. The van der Waals surface area contributed by atoms with Gasteiger partial charge in [0.15, 0.2) is 0 Å². The summed E-state index contributed by atoms with van der Waals surface area (Å²) in [6, 6.07) is 2.21. The summed E-state index contributed by atoms with van der Waals surface area (Å²) >= 11 is 0. The summed E-state index contributed by atoms with van der Waals surface area (Å²) in [6.45, 7) is 7.28. The molecular weight excluding hydrogens is 234 g/mol. The minimum Gasteiger partial charge on any atom is -0.444 e. The Morgan fingerprint density at radius 3 is 2.56 bits per heavy atom. The number of rotatable bonds is 4. The second-order valence-corrected chi connectivity index (χ2v) is 5.45. The predicted molar refractivity (Wildman–Crippen MR) is 66.0 cm³/mol. The molecule has 18 heavy (non-hydrogen) atoms. The van der Waals surface area contributed by atoms with E-state index in [-0.39, 0.29) is 6.09 Å². The highest BCUT2D eigenvalue weighted by Gasteiger charge is 2.46. The number of hydrogen-bond donors (Lipinski definition) is 1. The minimum absolute atomic E-state index is 0.349. The van der Waals surface area contributed by atoms with Gasteiger partial charge in [0, 0.05) is 13.7 Å². The van der Waals surface area contributed by atoms with Crippen LogP contribution in [-0.2, 0) is 9.47 Å². The molecule has 0 spiro atoms. The van der Waals surface area contributed by atoms with E-state index in [9.17, 15) is 4.79 Å². The molecule has 1 fully saturated rings. The van der Waals surface area contributed by atoms with Gasteiger partial charge in [-0.3, -0.25) is 5.32 Å². The number of nitriles is 1. The zero-order chi connectivity index (χ0) is 13.8. The van der Waals surface area contributed by atoms with E-state index in [0.717, 1.165) is 0 Å². The summed E-state index contributed by atoms with van der Waals surface area (Å²) in [7, 11) is 1.61. The monoisotopic (exact) mass is 255 g/mol. The lowest BCUT2D eigenvalue weighted by Crippen LogP contribution is -2.70. The van der Waals surface area contributed by atoms with Crippen LogP contribution in [0, 0.1) is 11.3 Å². The van der Waals surface area contributed by atoms with E-state index in [1.54, 1.807) is 7.11 Å². The van der Waals surface area contributed by atoms with Crippen molar-refractivity contribution in [3.63, 3.8) is 0 Å². The molecule has 102 valence electrons. The maximum atomic E-state index is 11.7. The molecule has 1 rings (SSSR count). The number of carbonyl (C=O) groups is 1. The van der Waals surface area contributed by atoms with E-state index in [1.807, 2.05) is 20.8 Å². The van der Waals surface area contributed by atoms with Crippen LogP contribution in [0.15, 0.2) is 0 Å². The molecule has 0 atom stereocenters. The van der Waals surface area contributed by atoms with Gasteiger partial charge in [0.2, 0.25) is 0 Å². The number of likely N-dealkylation sites (tertiary alicyclic amines) is 1. The average Bonchev–Trinajstić information content (AvgIpc) is 2.19. The van der Waals surface area contributed by atoms with Crippen LogP contribution < -0.4 is 5.32 Å². The molecule has 0 aromatic heterocycles. The second kappa shape index (κ2) is 5.55. The lowest BCUT2D eigenvalue weighted by Gasteiger charge is -2.45. The van der Waals surface area contributed by atoms with Gasteiger partial charge < -0.3 is 14.4 Å². The maximum Gasteiger partial charge on any atom is 0.410 e. The van der Waals surface area contributed by atoms with Crippen LogP contribution in [0.1, 0.15) is 20.8 Å². The SMILES string of the molecule is COCCNC1(C#N)CN(C(=O)OC(C)(C)C)C1. The highest BCUT2D eigenvalue weighted by Crippen LogP contribution is 2.22. The molecule has 1 heterocycles. The van der Waals surface area contributed by atoms with Gasteiger partial charge in [-0.15, -0.1) is 0 Å². The van der Waals surface area contributed by atoms with Gasteiger partial charge in [-0.2, -0.15) is 5.26 Å². The van der Waals surface area contributed by atoms with Crippen molar-refractivity contribution in [2.24, 2.45) is 0 Å². The molecule has 0 aromatic rings. The van der Waals surface area contributed by atoms with Crippen molar-refractivity contribution >= 4 is 6.09 Å². The topological polar surface area (TPSA) is 74.6 Å². The largest absolute Gasteiger partial charge is 0.444 e. The van der Waals surface area contributed by atoms with Gasteiger partial charge in [0.05, 0.1) is 25.8 Å². The Labute approximate surface area is 108 Å². The Hall–Kier alpha value is -1.32. The summed E-state index contributed by atoms with van der Waals surface area (Å²) in [5, 5.41) is 12.2. The van der Waals surface area contributed by atoms with Gasteiger partial charge in [0.25, 0.3) is 0 Å². The Bertz CT molecular complexity index is 337. The van der Waals surface area contributed by atoms with Crippen LogP contribution >= 0.6 is 0 Å². The van der Waals surface area contributed by atoms with Crippen LogP contribution in [0.25, 0.3) is 0 Å². The zero-order valence-corrected chi connectivity index (χ0v) is 11.4. The first-order valence-corrected chi connectivity index (χ1v) is 5.95. The highest BCUT2D eigenvalue weighted by molar-refractivity contribution is 5.70. The summed E-state index contributed by atoms with van der Waals surface area (Å²) in [4.78, 5) is 13.2. The number of ether oxygens (including phenoxy) is 2. The van der Waals surface area contributed by atoms with Crippen molar-refractivity contribution in [1.29, 1.82) is 5.26 Å². The Kier molecular flexibility index (Phi) is 4.54. The third-order valence-electron chi connectivity index (χ3n) is 2.56. The van der Waals surface area contributed by atoms with Crippen LogP contribution in [0.5, 0.6) is 0 Å². The Morgan fingerprint density at radius 2 is 2.11 bits per heavy atom. The van der Waals surface area contributed by atoms with E-state index in [4.69, 9.17) is 14.7 Å². The van der Waals surface area contributed by atoms with Crippen molar-refractivity contribution in [1.82, 2.24) is 10.2 Å². The third kappa shape index (κ3) is 3.86. The molecule has 0 aliphatic carbocycles. The van der Waals surface area contributed by atoms with E-state index >= 15 is 0 Å². The maximum absolute atomic E-state index is 11.7. The lowest BCUT2D eigenvalue weighted by molar-refractivity contribution is -0.00568. The van der Waals surface area contributed by atoms with Crippen LogP contribution in [0.4, 0.5) is 4.79 Å². The highest BCUT2D eigenvalue weighted by atomic mass is 16.6. The minimum atomic E-state index is -0.657. The summed E-state index contributed by atoms with van der Waals surface area (Å²) in [6.07, 6.45) is -0.373. The summed E-state index contributed by atoms with van der Waals surface area (Å²) < 4.78 is 10.1. The lowest BCUT2D eigenvalue weighted by atomic mass is 9.92. The summed E-state index contributed by atoms with van der Waals surface area (Å²) in [5.74, 6) is 0. The fourth-order valence-electron chi connectivity index (χ4n) is 1.68. The molecule has 0 unspecified atom stereocenters. The molecule has 0 aromatic carbocycles. The van der Waals surface area contributed by atoms with Crippen LogP contribution in [0.3, 0.4) is 0 Å². The number of amides is 1. The predicted octanol–water partition coefficient (Wildman–Crippen LogP) is 0.735. The first-order valence-electron chi connectivity index (χ1n) is 5.95. The number of methoxy groups -OCH3 is 1. The quantitative estimate of drug-likeness (QED) is 0.750. The van der Waals surface area contributed by atoms with E-state index < -0.39 is 11.1 Å². The van der Waals surface area contributed by atoms with Gasteiger partial charge in [-0.05, 0) is 20.8 Å². The van der Waals surface area contributed by atoms with E-state index in [2.05, 4.69) is 11.4 Å². The van der Waals surface area contributed by atoms with Crippen molar-refractivity contribution in [2.75, 3.05) is 33.4 Å². The van der Waals surface area contributed by atoms with Gasteiger partial charge in [0.1, 0.15) is 11.1 Å². The fourth-order valence-corrected chi connectivity index (χ4v) is 1.68. The van der Waals surface area contributed by atoms with E-state index in [0.29, 0.717) is 26.2 Å². The van der Waals surface area contributed by atoms with Gasteiger partial charge in [-0.25, -0.2) is 4.79 Å². The number of carbonyl (C=O) groups excluding carboxylic acids is 1. The smallest absolute Gasteiger partial charge is 0.410 e. The molecule has 6 heteroatoms. The Morgan fingerprint density at radius 1 is 1.50 bits per heavy atom. The average molecular weight is 255 g/mol. The van der Waals surface area contributed by atoms with Crippen LogP contribution in [0.2, 0.25) is 0 Å². The molecule has 0 bridgehead atoms.